The van der Waals surface area contributed by atoms with E-state index in [-0.39, 0.29) is 17.9 Å². The predicted molar refractivity (Wildman–Crippen MR) is 71.4 cm³/mol. The van der Waals surface area contributed by atoms with Crippen LogP contribution < -0.4 is 5.32 Å². The summed E-state index contributed by atoms with van der Waals surface area (Å²) in [6.45, 7) is 6.58. The van der Waals surface area contributed by atoms with Gasteiger partial charge in [-0.2, -0.15) is 0 Å². The summed E-state index contributed by atoms with van der Waals surface area (Å²) in [6.07, 6.45) is 4.99. The standard InChI is InChI=1S/C14H26N2O2/c1-10(2)13(14(17)18-3)15-11-6-8-16-7-4-5-12(16)9-11/h10-13,15H,4-9H2,1-3H3. The van der Waals surface area contributed by atoms with Crippen LogP contribution in [0.25, 0.3) is 0 Å². The third-order valence-electron chi connectivity index (χ3n) is 4.36. The van der Waals surface area contributed by atoms with Crippen molar-refractivity contribution in [1.82, 2.24) is 10.2 Å². The Morgan fingerprint density at radius 2 is 2.11 bits per heavy atom. The highest BCUT2D eigenvalue weighted by atomic mass is 16.5. The van der Waals surface area contributed by atoms with Gasteiger partial charge in [0.15, 0.2) is 0 Å². The van der Waals surface area contributed by atoms with Gasteiger partial charge >= 0.3 is 5.97 Å². The van der Waals surface area contributed by atoms with Gasteiger partial charge in [0.1, 0.15) is 6.04 Å². The zero-order valence-corrected chi connectivity index (χ0v) is 11.8. The second-order valence-electron chi connectivity index (χ2n) is 5.96. The van der Waals surface area contributed by atoms with Gasteiger partial charge in [0.2, 0.25) is 0 Å². The molecule has 0 saturated carbocycles. The van der Waals surface area contributed by atoms with Crippen molar-refractivity contribution >= 4 is 5.97 Å². The molecule has 1 N–H and O–H groups in total. The first-order valence-electron chi connectivity index (χ1n) is 7.19. The van der Waals surface area contributed by atoms with E-state index in [9.17, 15) is 4.79 Å². The number of piperidine rings is 1. The van der Waals surface area contributed by atoms with Gasteiger partial charge in [-0.25, -0.2) is 0 Å². The molecule has 0 amide bonds. The quantitative estimate of drug-likeness (QED) is 0.770. The normalized spacial score (nSPS) is 30.2. The van der Waals surface area contributed by atoms with E-state index < -0.39 is 0 Å². The van der Waals surface area contributed by atoms with Gasteiger partial charge in [-0.3, -0.25) is 4.79 Å². The highest BCUT2D eigenvalue weighted by Crippen LogP contribution is 2.27. The maximum atomic E-state index is 11.8. The maximum Gasteiger partial charge on any atom is 0.323 e. The fourth-order valence-electron chi connectivity index (χ4n) is 3.29. The van der Waals surface area contributed by atoms with Crippen molar-refractivity contribution in [3.05, 3.63) is 0 Å². The molecule has 0 aromatic rings. The van der Waals surface area contributed by atoms with E-state index in [0.717, 1.165) is 12.5 Å². The topological polar surface area (TPSA) is 41.6 Å². The number of nitrogens with zero attached hydrogens (tertiary/aromatic N) is 1. The molecule has 0 radical (unpaired) electrons. The highest BCUT2D eigenvalue weighted by Gasteiger charge is 2.34. The van der Waals surface area contributed by atoms with Gasteiger partial charge in [-0.15, -0.1) is 0 Å². The summed E-state index contributed by atoms with van der Waals surface area (Å²) in [5.41, 5.74) is 0. The van der Waals surface area contributed by atoms with Gasteiger partial charge in [0, 0.05) is 12.1 Å². The van der Waals surface area contributed by atoms with E-state index >= 15 is 0 Å². The summed E-state index contributed by atoms with van der Waals surface area (Å²) in [7, 11) is 1.47. The van der Waals surface area contributed by atoms with Crippen LogP contribution in [0.1, 0.15) is 39.5 Å². The van der Waals surface area contributed by atoms with Crippen LogP contribution in [0.15, 0.2) is 0 Å². The van der Waals surface area contributed by atoms with Gasteiger partial charge < -0.3 is 15.0 Å². The number of methoxy groups -OCH3 is 1. The molecule has 4 nitrogen and oxygen atoms in total. The molecular formula is C14H26N2O2. The minimum Gasteiger partial charge on any atom is -0.468 e. The Balaban J connectivity index is 1.89. The molecule has 2 aliphatic rings. The van der Waals surface area contributed by atoms with E-state index in [1.165, 1.54) is 39.5 Å². The van der Waals surface area contributed by atoms with Crippen LogP contribution in [0, 0.1) is 5.92 Å². The minimum absolute atomic E-state index is 0.126. The Bertz CT molecular complexity index is 294. The van der Waals surface area contributed by atoms with Crippen molar-refractivity contribution in [2.45, 2.75) is 57.7 Å². The molecule has 4 heteroatoms. The van der Waals surface area contributed by atoms with Gasteiger partial charge in [-0.1, -0.05) is 13.8 Å². The molecule has 2 heterocycles. The molecule has 2 rings (SSSR count). The zero-order valence-electron chi connectivity index (χ0n) is 11.8. The van der Waals surface area contributed by atoms with Crippen LogP contribution in [0.5, 0.6) is 0 Å². The summed E-state index contributed by atoms with van der Waals surface area (Å²) in [4.78, 5) is 14.4. The lowest BCUT2D eigenvalue weighted by molar-refractivity contribution is -0.144. The molecule has 3 unspecified atom stereocenters. The molecule has 3 atom stereocenters. The molecule has 0 bridgehead atoms. The van der Waals surface area contributed by atoms with Crippen LogP contribution in [-0.4, -0.2) is 49.2 Å². The number of hydrogen-bond acceptors (Lipinski definition) is 4. The summed E-state index contributed by atoms with van der Waals surface area (Å²) in [5.74, 6) is 0.151. The lowest BCUT2D eigenvalue weighted by Crippen LogP contribution is -2.52. The lowest BCUT2D eigenvalue weighted by Gasteiger charge is -2.37. The third kappa shape index (κ3) is 3.04. The van der Waals surface area contributed by atoms with E-state index in [1.807, 2.05) is 0 Å². The summed E-state index contributed by atoms with van der Waals surface area (Å²) in [6, 6.07) is 1.05. The SMILES string of the molecule is COC(=O)C(NC1CCN2CCCC2C1)C(C)C. The number of ether oxygens (including phenoxy) is 1. The van der Waals surface area contributed by atoms with Gasteiger partial charge in [0.05, 0.1) is 7.11 Å². The minimum atomic E-state index is -0.159. The smallest absolute Gasteiger partial charge is 0.323 e. The number of carbonyl (C=O) groups excluding carboxylic acids is 1. The maximum absolute atomic E-state index is 11.8. The molecule has 0 aliphatic carbocycles. The first-order chi connectivity index (χ1) is 8.61. The van der Waals surface area contributed by atoms with Crippen molar-refractivity contribution in [2.75, 3.05) is 20.2 Å². The lowest BCUT2D eigenvalue weighted by atomic mass is 9.95. The second kappa shape index (κ2) is 6.02. The van der Waals surface area contributed by atoms with Gasteiger partial charge in [0.25, 0.3) is 0 Å². The monoisotopic (exact) mass is 254 g/mol. The Hall–Kier alpha value is -0.610. The van der Waals surface area contributed by atoms with Crippen molar-refractivity contribution in [1.29, 1.82) is 0 Å². The van der Waals surface area contributed by atoms with Crippen molar-refractivity contribution in [3.8, 4) is 0 Å². The molecular weight excluding hydrogens is 228 g/mol. The molecule has 0 spiro atoms. The van der Waals surface area contributed by atoms with Crippen LogP contribution >= 0.6 is 0 Å². The average molecular weight is 254 g/mol. The summed E-state index contributed by atoms with van der Waals surface area (Å²) >= 11 is 0. The van der Waals surface area contributed by atoms with Crippen LogP contribution in [0.3, 0.4) is 0 Å². The predicted octanol–water partition coefficient (Wildman–Crippen LogP) is 1.40. The molecule has 2 fully saturated rings. The number of rotatable bonds is 4. The summed E-state index contributed by atoms with van der Waals surface area (Å²) < 4.78 is 4.89. The number of fused-ring (bicyclic) bond motifs is 1. The molecule has 2 aliphatic heterocycles. The third-order valence-corrected chi connectivity index (χ3v) is 4.36. The van der Waals surface area contributed by atoms with Crippen LogP contribution in [0.2, 0.25) is 0 Å². The molecule has 0 aromatic carbocycles. The Morgan fingerprint density at radius 1 is 1.33 bits per heavy atom. The van der Waals surface area contributed by atoms with Crippen molar-refractivity contribution in [3.63, 3.8) is 0 Å². The Kier molecular flexibility index (Phi) is 4.62. The fourth-order valence-corrected chi connectivity index (χ4v) is 3.29. The number of esters is 1. The Morgan fingerprint density at radius 3 is 2.78 bits per heavy atom. The number of nitrogens with one attached hydrogen (secondary N) is 1. The highest BCUT2D eigenvalue weighted by molar-refractivity contribution is 5.75. The molecule has 2 saturated heterocycles. The fraction of sp³-hybridized carbons (Fsp3) is 0.929. The molecule has 18 heavy (non-hydrogen) atoms. The van der Waals surface area contributed by atoms with Gasteiger partial charge in [-0.05, 0) is 44.7 Å². The van der Waals surface area contributed by atoms with Crippen molar-refractivity contribution in [2.24, 2.45) is 5.92 Å². The first kappa shape index (κ1) is 13.8. The van der Waals surface area contributed by atoms with E-state index in [1.54, 1.807) is 0 Å². The summed E-state index contributed by atoms with van der Waals surface area (Å²) in [5, 5.41) is 3.52. The van der Waals surface area contributed by atoms with E-state index in [4.69, 9.17) is 4.74 Å². The van der Waals surface area contributed by atoms with Crippen molar-refractivity contribution < 1.29 is 9.53 Å². The average Bonchev–Trinajstić information content (AvgIpc) is 2.82. The largest absolute Gasteiger partial charge is 0.468 e. The second-order valence-corrected chi connectivity index (χ2v) is 5.96. The number of hydrogen-bond donors (Lipinski definition) is 1. The Labute approximate surface area is 110 Å². The molecule has 0 aromatic heterocycles. The number of carbonyl (C=O) groups is 1. The van der Waals surface area contributed by atoms with Crippen LogP contribution in [0.4, 0.5) is 0 Å². The van der Waals surface area contributed by atoms with Crippen LogP contribution in [-0.2, 0) is 9.53 Å². The molecule has 104 valence electrons. The van der Waals surface area contributed by atoms with E-state index in [2.05, 4.69) is 24.1 Å². The van der Waals surface area contributed by atoms with E-state index in [0.29, 0.717) is 6.04 Å². The zero-order chi connectivity index (χ0) is 13.1. The first-order valence-corrected chi connectivity index (χ1v) is 7.19.